The quantitative estimate of drug-likeness (QED) is 0.872. The van der Waals surface area contributed by atoms with Crippen LogP contribution in [0, 0.1) is 12.7 Å². The van der Waals surface area contributed by atoms with Crippen molar-refractivity contribution in [1.29, 1.82) is 0 Å². The molecule has 0 amide bonds. The molecule has 17 heavy (non-hydrogen) atoms. The summed E-state index contributed by atoms with van der Waals surface area (Å²) in [5.74, 6) is -0.272. The maximum atomic E-state index is 13.1. The number of aliphatic hydroxyl groups excluding tert-OH is 1. The normalized spacial score (nSPS) is 18.5. The Bertz CT molecular complexity index is 375. The summed E-state index contributed by atoms with van der Waals surface area (Å²) < 4.78 is 23.6. The highest BCUT2D eigenvalue weighted by Crippen LogP contribution is 2.17. The molecule has 1 saturated heterocycles. The average Bonchev–Trinajstić information content (AvgIpc) is 2.76. The standard InChI is InChI=1S/C13H17FO3/c1-9-2-3-11(14)6-10(9)7-12(15)8-13-16-4-5-17-13/h2-3,6,12-13,15H,4-5,7-8H2,1H3. The zero-order chi connectivity index (χ0) is 12.3. The molecule has 0 aromatic heterocycles. The predicted molar refractivity (Wildman–Crippen MR) is 61.2 cm³/mol. The molecule has 1 aliphatic rings. The Kier molecular flexibility index (Phi) is 4.10. The van der Waals surface area contributed by atoms with Crippen LogP contribution >= 0.6 is 0 Å². The minimum absolute atomic E-state index is 0.272. The minimum Gasteiger partial charge on any atom is -0.393 e. The van der Waals surface area contributed by atoms with Crippen molar-refractivity contribution in [2.45, 2.75) is 32.2 Å². The SMILES string of the molecule is Cc1ccc(F)cc1CC(O)CC1OCCO1. The molecule has 1 aromatic carbocycles. The maximum absolute atomic E-state index is 13.1. The lowest BCUT2D eigenvalue weighted by Crippen LogP contribution is -2.20. The summed E-state index contributed by atoms with van der Waals surface area (Å²) in [6.45, 7) is 3.07. The fraction of sp³-hybridized carbons (Fsp3) is 0.538. The minimum atomic E-state index is -0.571. The molecule has 0 spiro atoms. The summed E-state index contributed by atoms with van der Waals surface area (Å²) >= 11 is 0. The molecule has 2 rings (SSSR count). The van der Waals surface area contributed by atoms with Crippen LogP contribution in [-0.2, 0) is 15.9 Å². The van der Waals surface area contributed by atoms with Crippen molar-refractivity contribution < 1.29 is 19.0 Å². The van der Waals surface area contributed by atoms with Gasteiger partial charge in [-0.1, -0.05) is 6.07 Å². The number of ether oxygens (including phenoxy) is 2. The third-order valence-corrected chi connectivity index (χ3v) is 2.92. The number of rotatable bonds is 4. The summed E-state index contributed by atoms with van der Waals surface area (Å²) in [4.78, 5) is 0. The van der Waals surface area contributed by atoms with Crippen molar-refractivity contribution in [3.05, 3.63) is 35.1 Å². The van der Waals surface area contributed by atoms with E-state index in [-0.39, 0.29) is 12.1 Å². The van der Waals surface area contributed by atoms with E-state index in [9.17, 15) is 9.50 Å². The van der Waals surface area contributed by atoms with Gasteiger partial charge in [-0.3, -0.25) is 0 Å². The van der Waals surface area contributed by atoms with E-state index in [2.05, 4.69) is 0 Å². The number of aryl methyl sites for hydroxylation is 1. The zero-order valence-electron chi connectivity index (χ0n) is 9.86. The van der Waals surface area contributed by atoms with Gasteiger partial charge in [-0.05, 0) is 36.6 Å². The van der Waals surface area contributed by atoms with E-state index in [0.29, 0.717) is 26.1 Å². The van der Waals surface area contributed by atoms with Crippen molar-refractivity contribution in [2.24, 2.45) is 0 Å². The van der Waals surface area contributed by atoms with Crippen LogP contribution in [0.15, 0.2) is 18.2 Å². The third-order valence-electron chi connectivity index (χ3n) is 2.92. The van der Waals surface area contributed by atoms with E-state index >= 15 is 0 Å². The molecule has 1 aromatic rings. The lowest BCUT2D eigenvalue weighted by Gasteiger charge is -2.16. The van der Waals surface area contributed by atoms with Crippen LogP contribution in [0.25, 0.3) is 0 Å². The van der Waals surface area contributed by atoms with Crippen LogP contribution in [0.4, 0.5) is 4.39 Å². The van der Waals surface area contributed by atoms with Gasteiger partial charge < -0.3 is 14.6 Å². The van der Waals surface area contributed by atoms with Crippen LogP contribution in [-0.4, -0.2) is 30.7 Å². The molecule has 0 bridgehead atoms. The highest BCUT2D eigenvalue weighted by molar-refractivity contribution is 5.27. The second-order valence-electron chi connectivity index (χ2n) is 4.34. The van der Waals surface area contributed by atoms with Crippen molar-refractivity contribution >= 4 is 0 Å². The van der Waals surface area contributed by atoms with E-state index in [1.807, 2.05) is 6.92 Å². The molecule has 94 valence electrons. The van der Waals surface area contributed by atoms with E-state index < -0.39 is 6.10 Å². The fourth-order valence-electron chi connectivity index (χ4n) is 1.96. The average molecular weight is 240 g/mol. The number of benzene rings is 1. The first-order valence-electron chi connectivity index (χ1n) is 5.81. The summed E-state index contributed by atoms with van der Waals surface area (Å²) in [6.07, 6.45) is -0.0413. The van der Waals surface area contributed by atoms with Gasteiger partial charge in [-0.25, -0.2) is 4.39 Å². The number of hydrogen-bond donors (Lipinski definition) is 1. The van der Waals surface area contributed by atoms with Gasteiger partial charge in [0.05, 0.1) is 19.3 Å². The van der Waals surface area contributed by atoms with Crippen LogP contribution in [0.5, 0.6) is 0 Å². The summed E-state index contributed by atoms with van der Waals surface area (Å²) in [5.41, 5.74) is 1.81. The molecule has 3 nitrogen and oxygen atoms in total. The molecule has 0 saturated carbocycles. The number of aliphatic hydroxyl groups is 1. The lowest BCUT2D eigenvalue weighted by molar-refractivity contribution is -0.0698. The van der Waals surface area contributed by atoms with Crippen molar-refractivity contribution in [2.75, 3.05) is 13.2 Å². The molecule has 1 atom stereocenters. The van der Waals surface area contributed by atoms with Gasteiger partial charge in [-0.15, -0.1) is 0 Å². The Labute approximate surface area is 100 Å². The molecular formula is C13H17FO3. The molecule has 1 N–H and O–H groups in total. The number of hydrogen-bond acceptors (Lipinski definition) is 3. The fourth-order valence-corrected chi connectivity index (χ4v) is 1.96. The first-order chi connectivity index (χ1) is 8.15. The van der Waals surface area contributed by atoms with Crippen LogP contribution in [0.2, 0.25) is 0 Å². The predicted octanol–water partition coefficient (Wildman–Crippen LogP) is 1.80. The Hall–Kier alpha value is -0.970. The Morgan fingerprint density at radius 3 is 2.82 bits per heavy atom. The molecule has 0 radical (unpaired) electrons. The lowest BCUT2D eigenvalue weighted by atomic mass is 10.0. The topological polar surface area (TPSA) is 38.7 Å². The smallest absolute Gasteiger partial charge is 0.160 e. The van der Waals surface area contributed by atoms with Gasteiger partial charge in [0.1, 0.15) is 5.82 Å². The third kappa shape index (κ3) is 3.49. The molecule has 1 fully saturated rings. The summed E-state index contributed by atoms with van der Waals surface area (Å²) in [5, 5.41) is 9.90. The number of halogens is 1. The second kappa shape index (κ2) is 5.58. The highest BCUT2D eigenvalue weighted by atomic mass is 19.1. The molecule has 1 unspecified atom stereocenters. The van der Waals surface area contributed by atoms with Crippen LogP contribution in [0.3, 0.4) is 0 Å². The molecule has 0 aliphatic carbocycles. The monoisotopic (exact) mass is 240 g/mol. The van der Waals surface area contributed by atoms with E-state index in [0.717, 1.165) is 11.1 Å². The van der Waals surface area contributed by atoms with Crippen molar-refractivity contribution in [3.8, 4) is 0 Å². The van der Waals surface area contributed by atoms with E-state index in [4.69, 9.17) is 9.47 Å². The van der Waals surface area contributed by atoms with Gasteiger partial charge in [0.25, 0.3) is 0 Å². The van der Waals surface area contributed by atoms with Gasteiger partial charge >= 0.3 is 0 Å². The molecule has 1 heterocycles. The van der Waals surface area contributed by atoms with E-state index in [1.54, 1.807) is 6.07 Å². The highest BCUT2D eigenvalue weighted by Gasteiger charge is 2.20. The summed E-state index contributed by atoms with van der Waals surface area (Å²) in [7, 11) is 0. The van der Waals surface area contributed by atoms with Gasteiger partial charge in [0, 0.05) is 6.42 Å². The van der Waals surface area contributed by atoms with Crippen LogP contribution in [0.1, 0.15) is 17.5 Å². The summed E-state index contributed by atoms with van der Waals surface area (Å²) in [6, 6.07) is 4.61. The Morgan fingerprint density at radius 2 is 2.12 bits per heavy atom. The molecule has 4 heteroatoms. The Morgan fingerprint density at radius 1 is 1.41 bits per heavy atom. The van der Waals surface area contributed by atoms with Crippen LogP contribution < -0.4 is 0 Å². The Balaban J connectivity index is 1.92. The second-order valence-corrected chi connectivity index (χ2v) is 4.34. The molecular weight excluding hydrogens is 223 g/mol. The van der Waals surface area contributed by atoms with Gasteiger partial charge in [-0.2, -0.15) is 0 Å². The molecule has 1 aliphatic heterocycles. The first kappa shape index (κ1) is 12.5. The van der Waals surface area contributed by atoms with Crippen molar-refractivity contribution in [1.82, 2.24) is 0 Å². The van der Waals surface area contributed by atoms with Crippen molar-refractivity contribution in [3.63, 3.8) is 0 Å². The van der Waals surface area contributed by atoms with E-state index in [1.165, 1.54) is 12.1 Å². The largest absolute Gasteiger partial charge is 0.393 e. The maximum Gasteiger partial charge on any atom is 0.160 e. The van der Waals surface area contributed by atoms with Gasteiger partial charge in [0.2, 0.25) is 0 Å². The first-order valence-corrected chi connectivity index (χ1v) is 5.81. The van der Waals surface area contributed by atoms with Gasteiger partial charge in [0.15, 0.2) is 6.29 Å². The zero-order valence-corrected chi connectivity index (χ0v) is 9.86.